The Bertz CT molecular complexity index is 739. The summed E-state index contributed by atoms with van der Waals surface area (Å²) in [6, 6.07) is 12.7. The van der Waals surface area contributed by atoms with E-state index in [1.54, 1.807) is 0 Å². The number of H-pyrrole nitrogens is 1. The molecule has 0 amide bonds. The van der Waals surface area contributed by atoms with Crippen molar-refractivity contribution in [2.24, 2.45) is 5.92 Å². The molecule has 0 aliphatic heterocycles. The Morgan fingerprint density at radius 2 is 1.68 bits per heavy atom. The van der Waals surface area contributed by atoms with Gasteiger partial charge < -0.3 is 4.98 Å². The number of rotatable bonds is 2. The number of aromatic amines is 1. The van der Waals surface area contributed by atoms with E-state index in [9.17, 15) is 0 Å². The van der Waals surface area contributed by atoms with Gasteiger partial charge in [-0.3, -0.25) is 0 Å². The van der Waals surface area contributed by atoms with Gasteiger partial charge in [0, 0.05) is 26.8 Å². The van der Waals surface area contributed by atoms with Gasteiger partial charge >= 0.3 is 0 Å². The molecule has 1 aromatic heterocycles. The van der Waals surface area contributed by atoms with Crippen LogP contribution in [-0.4, -0.2) is 4.98 Å². The van der Waals surface area contributed by atoms with Crippen LogP contribution in [0, 0.1) is 5.92 Å². The molecule has 0 fully saturated rings. The fourth-order valence-electron chi connectivity index (χ4n) is 2.56. The highest BCUT2D eigenvalue weighted by atomic mass is 35.5. The summed E-state index contributed by atoms with van der Waals surface area (Å²) >= 11 is 6.09. The molecule has 0 aliphatic carbocycles. The van der Waals surface area contributed by atoms with Crippen LogP contribution in [0.4, 0.5) is 0 Å². The summed E-state index contributed by atoms with van der Waals surface area (Å²) in [5.41, 5.74) is 3.73. The molecule has 0 saturated carbocycles. The topological polar surface area (TPSA) is 15.8 Å². The van der Waals surface area contributed by atoms with Gasteiger partial charge in [-0.2, -0.15) is 0 Å². The van der Waals surface area contributed by atoms with Gasteiger partial charge in [0.1, 0.15) is 0 Å². The van der Waals surface area contributed by atoms with E-state index in [0.29, 0.717) is 11.8 Å². The number of fused-ring (bicyclic) bond motifs is 3. The van der Waals surface area contributed by atoms with Crippen molar-refractivity contribution in [3.63, 3.8) is 0 Å². The van der Waals surface area contributed by atoms with Crippen molar-refractivity contribution >= 4 is 33.4 Å². The number of aromatic nitrogens is 1. The number of nitrogens with one attached hydrogen (secondary N) is 1. The maximum atomic E-state index is 6.09. The Kier molecular flexibility index (Phi) is 3.02. The summed E-state index contributed by atoms with van der Waals surface area (Å²) in [7, 11) is 0. The van der Waals surface area contributed by atoms with Crippen molar-refractivity contribution in [3.8, 4) is 0 Å². The monoisotopic (exact) mass is 271 g/mol. The zero-order valence-electron chi connectivity index (χ0n) is 11.5. The largest absolute Gasteiger partial charge is 0.355 e. The minimum atomic E-state index is 0.569. The Labute approximate surface area is 118 Å². The van der Waals surface area contributed by atoms with Crippen molar-refractivity contribution in [1.82, 2.24) is 4.98 Å². The third-order valence-electron chi connectivity index (χ3n) is 4.11. The van der Waals surface area contributed by atoms with Crippen LogP contribution in [0.3, 0.4) is 0 Å². The van der Waals surface area contributed by atoms with Crippen LogP contribution < -0.4 is 0 Å². The molecule has 3 rings (SSSR count). The third-order valence-corrected chi connectivity index (χ3v) is 4.35. The van der Waals surface area contributed by atoms with Crippen LogP contribution >= 0.6 is 11.6 Å². The molecule has 0 saturated heterocycles. The van der Waals surface area contributed by atoms with Crippen molar-refractivity contribution in [2.45, 2.75) is 26.7 Å². The summed E-state index contributed by atoms with van der Waals surface area (Å²) in [6.07, 6.45) is 0. The quantitative estimate of drug-likeness (QED) is 0.612. The molecule has 0 bridgehead atoms. The van der Waals surface area contributed by atoms with Gasteiger partial charge in [0.05, 0.1) is 0 Å². The average molecular weight is 272 g/mol. The lowest BCUT2D eigenvalue weighted by Crippen LogP contribution is -2.01. The van der Waals surface area contributed by atoms with Gasteiger partial charge in [0.25, 0.3) is 0 Å². The number of hydrogen-bond acceptors (Lipinski definition) is 0. The number of halogens is 1. The van der Waals surface area contributed by atoms with Gasteiger partial charge in [-0.05, 0) is 41.7 Å². The van der Waals surface area contributed by atoms with E-state index in [2.05, 4.69) is 44.0 Å². The van der Waals surface area contributed by atoms with Crippen molar-refractivity contribution in [3.05, 3.63) is 47.0 Å². The molecule has 3 aromatic rings. The molecule has 98 valence electrons. The van der Waals surface area contributed by atoms with Crippen molar-refractivity contribution in [2.75, 3.05) is 0 Å². The lowest BCUT2D eigenvalue weighted by molar-refractivity contribution is 0.535. The standard InChI is InChI=1S/C17H18ClN/c1-10(2)11(3)12-4-6-14-15-9-13(18)5-7-16(15)19-17(14)8-12/h4-11,19H,1-3H3. The Morgan fingerprint density at radius 1 is 0.895 bits per heavy atom. The first-order valence-corrected chi connectivity index (χ1v) is 7.15. The van der Waals surface area contributed by atoms with E-state index in [0.717, 1.165) is 10.5 Å². The van der Waals surface area contributed by atoms with E-state index < -0.39 is 0 Å². The summed E-state index contributed by atoms with van der Waals surface area (Å²) in [6.45, 7) is 6.81. The average Bonchev–Trinajstić information content (AvgIpc) is 2.74. The SMILES string of the molecule is CC(C)C(C)c1ccc2c(c1)[nH]c1ccc(Cl)cc12. The van der Waals surface area contributed by atoms with E-state index in [4.69, 9.17) is 11.6 Å². The molecule has 1 N–H and O–H groups in total. The number of benzene rings is 2. The first-order valence-electron chi connectivity index (χ1n) is 6.77. The van der Waals surface area contributed by atoms with E-state index >= 15 is 0 Å². The molecule has 1 atom stereocenters. The fourth-order valence-corrected chi connectivity index (χ4v) is 2.73. The van der Waals surface area contributed by atoms with Gasteiger partial charge in [0.15, 0.2) is 0 Å². The zero-order valence-corrected chi connectivity index (χ0v) is 12.3. The molecule has 1 nitrogen and oxygen atoms in total. The Morgan fingerprint density at radius 3 is 2.42 bits per heavy atom. The second-order valence-electron chi connectivity index (χ2n) is 5.65. The molecule has 2 heteroatoms. The van der Waals surface area contributed by atoms with Crippen LogP contribution in [-0.2, 0) is 0 Å². The van der Waals surface area contributed by atoms with Crippen LogP contribution in [0.1, 0.15) is 32.3 Å². The molecule has 19 heavy (non-hydrogen) atoms. The van der Waals surface area contributed by atoms with Crippen molar-refractivity contribution < 1.29 is 0 Å². The number of hydrogen-bond donors (Lipinski definition) is 1. The normalized spacial score (nSPS) is 13.5. The molecular formula is C17H18ClN. The molecule has 0 radical (unpaired) electrons. The summed E-state index contributed by atoms with van der Waals surface area (Å²) in [4.78, 5) is 3.48. The van der Waals surface area contributed by atoms with Crippen LogP contribution in [0.5, 0.6) is 0 Å². The highest BCUT2D eigenvalue weighted by Crippen LogP contribution is 2.31. The zero-order chi connectivity index (χ0) is 13.6. The molecule has 1 heterocycles. The van der Waals surface area contributed by atoms with E-state index in [1.165, 1.54) is 21.9 Å². The van der Waals surface area contributed by atoms with Gasteiger partial charge in [-0.25, -0.2) is 0 Å². The minimum absolute atomic E-state index is 0.569. The van der Waals surface area contributed by atoms with Gasteiger partial charge in [-0.15, -0.1) is 0 Å². The van der Waals surface area contributed by atoms with Crippen LogP contribution in [0.25, 0.3) is 21.8 Å². The molecule has 0 aliphatic rings. The third kappa shape index (κ3) is 2.12. The van der Waals surface area contributed by atoms with Crippen molar-refractivity contribution in [1.29, 1.82) is 0 Å². The summed E-state index contributed by atoms with van der Waals surface area (Å²) < 4.78 is 0. The first kappa shape index (κ1) is 12.6. The predicted octanol–water partition coefficient (Wildman–Crippen LogP) is 5.73. The van der Waals surface area contributed by atoms with Gasteiger partial charge in [0.2, 0.25) is 0 Å². The lowest BCUT2D eigenvalue weighted by Gasteiger charge is -2.15. The highest BCUT2D eigenvalue weighted by Gasteiger charge is 2.12. The van der Waals surface area contributed by atoms with Gasteiger partial charge in [-0.1, -0.05) is 44.5 Å². The lowest BCUT2D eigenvalue weighted by atomic mass is 9.90. The maximum absolute atomic E-state index is 6.09. The second-order valence-corrected chi connectivity index (χ2v) is 6.09. The Hall–Kier alpha value is -1.47. The maximum Gasteiger partial charge on any atom is 0.0467 e. The molecule has 0 spiro atoms. The first-order chi connectivity index (χ1) is 9.06. The Balaban J connectivity index is 2.22. The second kappa shape index (κ2) is 4.57. The van der Waals surface area contributed by atoms with E-state index in [1.807, 2.05) is 18.2 Å². The molecule has 1 unspecified atom stereocenters. The molecule has 2 aromatic carbocycles. The van der Waals surface area contributed by atoms with Crippen LogP contribution in [0.2, 0.25) is 5.02 Å². The summed E-state index contributed by atoms with van der Waals surface area (Å²) in [5, 5.41) is 3.23. The highest BCUT2D eigenvalue weighted by molar-refractivity contribution is 6.31. The summed E-state index contributed by atoms with van der Waals surface area (Å²) in [5.74, 6) is 1.22. The molecular weight excluding hydrogens is 254 g/mol. The minimum Gasteiger partial charge on any atom is -0.355 e. The predicted molar refractivity (Wildman–Crippen MR) is 84.1 cm³/mol. The smallest absolute Gasteiger partial charge is 0.0467 e. The van der Waals surface area contributed by atoms with Crippen LogP contribution in [0.15, 0.2) is 36.4 Å². The van der Waals surface area contributed by atoms with E-state index in [-0.39, 0.29) is 0 Å². The fraction of sp³-hybridized carbons (Fsp3) is 0.294.